The molecule has 0 bridgehead atoms. The monoisotopic (exact) mass is 397 g/mol. The van der Waals surface area contributed by atoms with Gasteiger partial charge in [-0.3, -0.25) is 14.5 Å². The number of halogens is 3. The second-order valence-electron chi connectivity index (χ2n) is 4.85. The van der Waals surface area contributed by atoms with Crippen LogP contribution >= 0.6 is 0 Å². The summed E-state index contributed by atoms with van der Waals surface area (Å²) in [5.41, 5.74) is -7.87. The topological polar surface area (TPSA) is 116 Å². The van der Waals surface area contributed by atoms with Gasteiger partial charge in [-0.15, -0.1) is 0 Å². The molecule has 0 radical (unpaired) electrons. The number of esters is 1. The molecule has 0 atom stereocenters. The van der Waals surface area contributed by atoms with Gasteiger partial charge in [-0.2, -0.15) is 21.6 Å². The van der Waals surface area contributed by atoms with Crippen LogP contribution in [-0.4, -0.2) is 57.9 Å². The summed E-state index contributed by atoms with van der Waals surface area (Å²) in [6.45, 7) is 0. The van der Waals surface area contributed by atoms with Crippen LogP contribution in [0.2, 0.25) is 0 Å². The van der Waals surface area contributed by atoms with Crippen LogP contribution in [-0.2, 0) is 14.9 Å². The normalized spacial score (nSPS) is 14.3. The third-order valence-corrected chi connectivity index (χ3v) is 4.35. The number of fused-ring (bicyclic) bond motifs is 1. The van der Waals surface area contributed by atoms with Gasteiger partial charge in [0.15, 0.2) is 5.75 Å². The molecule has 1 aliphatic heterocycles. The number of rotatable bonds is 4. The summed E-state index contributed by atoms with van der Waals surface area (Å²) in [6, 6.07) is 0.582. The first kappa shape index (κ1) is 19.5. The minimum absolute atomic E-state index is 0.433. The predicted molar refractivity (Wildman–Crippen MR) is 76.4 cm³/mol. The van der Waals surface area contributed by atoms with E-state index in [0.717, 1.165) is 21.3 Å². The van der Waals surface area contributed by atoms with Crippen molar-refractivity contribution < 1.29 is 49.6 Å². The number of benzene rings is 1. The molecule has 0 unspecified atom stereocenters. The highest BCUT2D eigenvalue weighted by Crippen LogP contribution is 2.40. The number of alkyl halides is 3. The number of carbonyl (C=O) groups is 3. The second kappa shape index (κ2) is 6.16. The SMILES string of the molecule is COC(=O)c1c(OS(=O)(=O)C(F)(F)F)cc(OC)c2c1C(=O)N(C)C2=O. The van der Waals surface area contributed by atoms with Crippen LogP contribution in [0.15, 0.2) is 6.07 Å². The highest BCUT2D eigenvalue weighted by molar-refractivity contribution is 7.88. The molecule has 1 aromatic rings. The lowest BCUT2D eigenvalue weighted by Crippen LogP contribution is -2.29. The van der Waals surface area contributed by atoms with Gasteiger partial charge >= 0.3 is 21.6 Å². The molecule has 0 saturated heterocycles. The number of nitrogens with zero attached hydrogens (tertiary/aromatic N) is 1. The molecule has 0 spiro atoms. The molecule has 142 valence electrons. The predicted octanol–water partition coefficient (Wildman–Crippen LogP) is 0.936. The first-order valence-corrected chi connectivity index (χ1v) is 7.94. The van der Waals surface area contributed by atoms with E-state index in [0.29, 0.717) is 11.0 Å². The maximum absolute atomic E-state index is 12.6. The number of hydrogen-bond acceptors (Lipinski definition) is 8. The summed E-state index contributed by atoms with van der Waals surface area (Å²) in [5, 5.41) is 0. The maximum Gasteiger partial charge on any atom is 0.534 e. The molecule has 26 heavy (non-hydrogen) atoms. The van der Waals surface area contributed by atoms with Crippen LogP contribution < -0.4 is 8.92 Å². The Hall–Kier alpha value is -2.83. The smallest absolute Gasteiger partial charge is 0.496 e. The zero-order chi connectivity index (χ0) is 20.0. The molecule has 9 nitrogen and oxygen atoms in total. The fourth-order valence-corrected chi connectivity index (χ4v) is 2.65. The van der Waals surface area contributed by atoms with Gasteiger partial charge in [0.1, 0.15) is 11.3 Å². The Kier molecular flexibility index (Phi) is 4.62. The Morgan fingerprint density at radius 2 is 1.62 bits per heavy atom. The zero-order valence-corrected chi connectivity index (χ0v) is 14.1. The van der Waals surface area contributed by atoms with Gasteiger partial charge in [0.25, 0.3) is 11.8 Å². The molecule has 0 fully saturated rings. The van der Waals surface area contributed by atoms with Crippen molar-refractivity contribution in [2.75, 3.05) is 21.3 Å². The summed E-state index contributed by atoms with van der Waals surface area (Å²) < 4.78 is 73.6. The molecular formula is C13H10F3NO8S. The van der Waals surface area contributed by atoms with Gasteiger partial charge in [0.05, 0.1) is 25.3 Å². The summed E-state index contributed by atoms with van der Waals surface area (Å²) in [6.07, 6.45) is 0. The first-order chi connectivity index (χ1) is 11.9. The van der Waals surface area contributed by atoms with E-state index in [1.165, 1.54) is 0 Å². The fourth-order valence-electron chi connectivity index (χ4n) is 2.19. The maximum atomic E-state index is 12.6. The van der Waals surface area contributed by atoms with Gasteiger partial charge in [-0.05, 0) is 0 Å². The number of methoxy groups -OCH3 is 2. The Morgan fingerprint density at radius 3 is 2.08 bits per heavy atom. The van der Waals surface area contributed by atoms with Crippen molar-refractivity contribution in [2.45, 2.75) is 5.51 Å². The summed E-state index contributed by atoms with van der Waals surface area (Å²) >= 11 is 0. The van der Waals surface area contributed by atoms with Gasteiger partial charge in [-0.25, -0.2) is 4.79 Å². The minimum Gasteiger partial charge on any atom is -0.496 e. The van der Waals surface area contributed by atoms with E-state index in [-0.39, 0.29) is 0 Å². The number of imide groups is 1. The van der Waals surface area contributed by atoms with Gasteiger partial charge in [-0.1, -0.05) is 0 Å². The summed E-state index contributed by atoms with van der Waals surface area (Å²) in [5.74, 6) is -4.98. The minimum atomic E-state index is -6.18. The molecule has 0 N–H and O–H groups in total. The van der Waals surface area contributed by atoms with E-state index < -0.39 is 61.6 Å². The van der Waals surface area contributed by atoms with Crippen molar-refractivity contribution in [1.82, 2.24) is 4.90 Å². The molecule has 13 heteroatoms. The van der Waals surface area contributed by atoms with E-state index in [1.807, 2.05) is 0 Å². The Balaban J connectivity index is 2.85. The van der Waals surface area contributed by atoms with Crippen LogP contribution in [0, 0.1) is 0 Å². The lowest BCUT2D eigenvalue weighted by molar-refractivity contribution is -0.0500. The molecule has 1 heterocycles. The van der Waals surface area contributed by atoms with Crippen molar-refractivity contribution >= 4 is 27.9 Å². The quantitative estimate of drug-likeness (QED) is 0.319. The lowest BCUT2D eigenvalue weighted by Gasteiger charge is -2.15. The van der Waals surface area contributed by atoms with E-state index in [9.17, 15) is 36.0 Å². The number of hydrogen-bond donors (Lipinski definition) is 0. The van der Waals surface area contributed by atoms with Gasteiger partial charge in [0, 0.05) is 13.1 Å². The number of ether oxygens (including phenoxy) is 2. The molecule has 1 aliphatic rings. The number of amides is 2. The van der Waals surface area contributed by atoms with Gasteiger partial charge in [0.2, 0.25) is 0 Å². The third-order valence-electron chi connectivity index (χ3n) is 3.38. The van der Waals surface area contributed by atoms with Crippen molar-refractivity contribution in [3.63, 3.8) is 0 Å². The van der Waals surface area contributed by atoms with Crippen molar-refractivity contribution in [3.8, 4) is 11.5 Å². The van der Waals surface area contributed by atoms with Crippen molar-refractivity contribution in [2.24, 2.45) is 0 Å². The van der Waals surface area contributed by atoms with Crippen molar-refractivity contribution in [3.05, 3.63) is 22.8 Å². The lowest BCUT2D eigenvalue weighted by atomic mass is 10.0. The van der Waals surface area contributed by atoms with E-state index in [4.69, 9.17) is 4.74 Å². The second-order valence-corrected chi connectivity index (χ2v) is 6.38. The van der Waals surface area contributed by atoms with Crippen LogP contribution in [0.4, 0.5) is 13.2 Å². The molecular weight excluding hydrogens is 387 g/mol. The zero-order valence-electron chi connectivity index (χ0n) is 13.3. The highest BCUT2D eigenvalue weighted by atomic mass is 32.2. The average Bonchev–Trinajstić information content (AvgIpc) is 2.77. The van der Waals surface area contributed by atoms with Crippen LogP contribution in [0.5, 0.6) is 11.5 Å². The number of carbonyl (C=O) groups excluding carboxylic acids is 3. The van der Waals surface area contributed by atoms with Crippen LogP contribution in [0.1, 0.15) is 31.1 Å². The van der Waals surface area contributed by atoms with Gasteiger partial charge < -0.3 is 13.7 Å². The van der Waals surface area contributed by atoms with Crippen LogP contribution in [0.3, 0.4) is 0 Å². The highest BCUT2D eigenvalue weighted by Gasteiger charge is 2.50. The fraction of sp³-hybridized carbons (Fsp3) is 0.308. The largest absolute Gasteiger partial charge is 0.534 e. The van der Waals surface area contributed by atoms with E-state index in [1.54, 1.807) is 0 Å². The van der Waals surface area contributed by atoms with E-state index >= 15 is 0 Å². The molecule has 0 aliphatic carbocycles. The molecule has 0 aromatic heterocycles. The average molecular weight is 397 g/mol. The van der Waals surface area contributed by atoms with Crippen molar-refractivity contribution in [1.29, 1.82) is 0 Å². The van der Waals surface area contributed by atoms with E-state index in [2.05, 4.69) is 8.92 Å². The Bertz CT molecular complexity index is 922. The molecule has 2 rings (SSSR count). The third kappa shape index (κ3) is 2.83. The Morgan fingerprint density at radius 1 is 1.08 bits per heavy atom. The standard InChI is InChI=1S/C13H10F3NO8S/c1-17-10(18)7-5(23-2)4-6(25-26(21,22)13(14,15)16)8(12(20)24-3)9(7)11(17)19/h4H,1-3H3. The first-order valence-electron chi connectivity index (χ1n) is 6.53. The summed E-state index contributed by atoms with van der Waals surface area (Å²) in [4.78, 5) is 36.9. The van der Waals surface area contributed by atoms with Crippen LogP contribution in [0.25, 0.3) is 0 Å². The Labute approximate surface area is 144 Å². The summed E-state index contributed by atoms with van der Waals surface area (Å²) in [7, 11) is -3.26. The molecule has 2 amide bonds. The molecule has 1 aromatic carbocycles. The molecule has 0 saturated carbocycles.